The van der Waals surface area contributed by atoms with E-state index in [1.807, 2.05) is 13.8 Å². The first kappa shape index (κ1) is 23.9. The average molecular weight is 378 g/mol. The van der Waals surface area contributed by atoms with Crippen LogP contribution in [0.3, 0.4) is 0 Å². The molecule has 3 nitrogen and oxygen atoms in total. The van der Waals surface area contributed by atoms with Gasteiger partial charge in [0.2, 0.25) is 6.04 Å². The maximum absolute atomic E-state index is 12.6. The van der Waals surface area contributed by atoms with Crippen LogP contribution >= 0.6 is 0 Å². The Kier molecular flexibility index (Phi) is 10.9. The number of amides is 2. The van der Waals surface area contributed by atoms with Gasteiger partial charge in [0.15, 0.2) is 0 Å². The van der Waals surface area contributed by atoms with Crippen LogP contribution < -0.4 is 5.32 Å². The Morgan fingerprint density at radius 3 is 1.52 bits per heavy atom. The SMILES string of the molecule is CCCCCCN(CCCCCC)C(=O)NC(C(F)(F)F)C(F)(F)F. The van der Waals surface area contributed by atoms with E-state index in [0.29, 0.717) is 12.8 Å². The Labute approximate surface area is 145 Å². The fourth-order valence-corrected chi connectivity index (χ4v) is 2.34. The van der Waals surface area contributed by atoms with Crippen molar-refractivity contribution in [2.24, 2.45) is 0 Å². The van der Waals surface area contributed by atoms with E-state index >= 15 is 0 Å². The van der Waals surface area contributed by atoms with Crippen LogP contribution in [0.1, 0.15) is 65.2 Å². The van der Waals surface area contributed by atoms with E-state index < -0.39 is 24.4 Å². The minimum atomic E-state index is -5.58. The number of alkyl halides is 6. The molecule has 0 atom stereocenters. The van der Waals surface area contributed by atoms with Crippen molar-refractivity contribution in [2.75, 3.05) is 13.1 Å². The molecule has 0 bridgehead atoms. The summed E-state index contributed by atoms with van der Waals surface area (Å²) in [6.45, 7) is 4.26. The van der Waals surface area contributed by atoms with Crippen molar-refractivity contribution < 1.29 is 31.1 Å². The minimum Gasteiger partial charge on any atom is -0.325 e. The highest BCUT2D eigenvalue weighted by atomic mass is 19.4. The Hall–Kier alpha value is -1.15. The molecule has 0 aliphatic carbocycles. The van der Waals surface area contributed by atoms with E-state index in [4.69, 9.17) is 0 Å². The van der Waals surface area contributed by atoms with Gasteiger partial charge in [-0.3, -0.25) is 0 Å². The highest BCUT2D eigenvalue weighted by molar-refractivity contribution is 5.74. The number of halogens is 6. The highest BCUT2D eigenvalue weighted by Gasteiger charge is 2.57. The van der Waals surface area contributed by atoms with Gasteiger partial charge in [-0.15, -0.1) is 0 Å². The molecule has 0 aliphatic heterocycles. The highest BCUT2D eigenvalue weighted by Crippen LogP contribution is 2.33. The van der Waals surface area contributed by atoms with Crippen LogP contribution in [0.4, 0.5) is 31.1 Å². The molecule has 0 spiro atoms. The zero-order valence-corrected chi connectivity index (χ0v) is 14.8. The Balaban J connectivity index is 4.84. The number of hydrogen-bond acceptors (Lipinski definition) is 1. The molecule has 0 unspecified atom stereocenters. The molecule has 0 saturated carbocycles. The van der Waals surface area contributed by atoms with Gasteiger partial charge in [-0.05, 0) is 12.8 Å². The van der Waals surface area contributed by atoms with Crippen molar-refractivity contribution in [3.63, 3.8) is 0 Å². The number of nitrogens with zero attached hydrogens (tertiary/aromatic N) is 1. The summed E-state index contributed by atoms with van der Waals surface area (Å²) in [5, 5.41) is 1.12. The summed E-state index contributed by atoms with van der Waals surface area (Å²) in [5.41, 5.74) is 0. The number of carbonyl (C=O) groups excluding carboxylic acids is 1. The second kappa shape index (κ2) is 11.5. The lowest BCUT2D eigenvalue weighted by Gasteiger charge is -2.29. The molecule has 0 aromatic heterocycles. The zero-order valence-electron chi connectivity index (χ0n) is 14.8. The van der Waals surface area contributed by atoms with Crippen LogP contribution in [0.2, 0.25) is 0 Å². The number of unbranched alkanes of at least 4 members (excludes halogenated alkanes) is 6. The fourth-order valence-electron chi connectivity index (χ4n) is 2.34. The Morgan fingerprint density at radius 1 is 0.800 bits per heavy atom. The van der Waals surface area contributed by atoms with Gasteiger partial charge in [-0.25, -0.2) is 4.79 Å². The quantitative estimate of drug-likeness (QED) is 0.366. The van der Waals surface area contributed by atoms with Gasteiger partial charge in [0.05, 0.1) is 0 Å². The molecular weight excluding hydrogens is 350 g/mol. The van der Waals surface area contributed by atoms with Crippen molar-refractivity contribution in [2.45, 2.75) is 83.6 Å². The first-order valence-corrected chi connectivity index (χ1v) is 8.72. The zero-order chi connectivity index (χ0) is 19.5. The number of carbonyl (C=O) groups is 1. The summed E-state index contributed by atoms with van der Waals surface area (Å²) < 4.78 is 75.5. The molecule has 0 rings (SSSR count). The van der Waals surface area contributed by atoms with E-state index in [9.17, 15) is 31.1 Å². The molecule has 2 amide bonds. The molecule has 150 valence electrons. The number of hydrogen-bond donors (Lipinski definition) is 1. The summed E-state index contributed by atoms with van der Waals surface area (Å²) in [5.74, 6) is 0. The normalized spacial score (nSPS) is 12.5. The molecule has 9 heteroatoms. The maximum Gasteiger partial charge on any atom is 0.417 e. The van der Waals surface area contributed by atoms with E-state index in [0.717, 1.165) is 48.7 Å². The van der Waals surface area contributed by atoms with Gasteiger partial charge >= 0.3 is 18.4 Å². The van der Waals surface area contributed by atoms with Crippen LogP contribution in [-0.2, 0) is 0 Å². The van der Waals surface area contributed by atoms with Gasteiger partial charge in [-0.1, -0.05) is 52.4 Å². The smallest absolute Gasteiger partial charge is 0.325 e. The summed E-state index contributed by atoms with van der Waals surface area (Å²) >= 11 is 0. The topological polar surface area (TPSA) is 32.3 Å². The number of urea groups is 1. The van der Waals surface area contributed by atoms with Gasteiger partial charge in [0.1, 0.15) is 0 Å². The van der Waals surface area contributed by atoms with Gasteiger partial charge in [-0.2, -0.15) is 26.3 Å². The van der Waals surface area contributed by atoms with Crippen molar-refractivity contribution in [3.8, 4) is 0 Å². The molecule has 0 fully saturated rings. The molecular formula is C16H28F6N2O. The molecule has 0 saturated heterocycles. The van der Waals surface area contributed by atoms with Crippen molar-refractivity contribution in [1.82, 2.24) is 10.2 Å². The monoisotopic (exact) mass is 378 g/mol. The molecule has 0 heterocycles. The summed E-state index contributed by atoms with van der Waals surface area (Å²) in [4.78, 5) is 13.1. The van der Waals surface area contributed by atoms with Crippen molar-refractivity contribution >= 4 is 6.03 Å². The maximum atomic E-state index is 12.6. The predicted octanol–water partition coefficient (Wildman–Crippen LogP) is 5.65. The average Bonchev–Trinajstić information content (AvgIpc) is 2.48. The second-order valence-electron chi connectivity index (χ2n) is 6.07. The number of nitrogens with one attached hydrogen (secondary N) is 1. The van der Waals surface area contributed by atoms with Gasteiger partial charge in [0.25, 0.3) is 0 Å². The van der Waals surface area contributed by atoms with Gasteiger partial charge < -0.3 is 10.2 Å². The fraction of sp³-hybridized carbons (Fsp3) is 0.938. The molecule has 0 aromatic rings. The summed E-state index contributed by atoms with van der Waals surface area (Å²) in [6.07, 6.45) is -4.82. The first-order valence-electron chi connectivity index (χ1n) is 8.72. The minimum absolute atomic E-state index is 0.153. The van der Waals surface area contributed by atoms with Crippen molar-refractivity contribution in [3.05, 3.63) is 0 Å². The van der Waals surface area contributed by atoms with Gasteiger partial charge in [0, 0.05) is 13.1 Å². The van der Waals surface area contributed by atoms with Crippen LogP contribution in [-0.4, -0.2) is 42.4 Å². The lowest BCUT2D eigenvalue weighted by Crippen LogP contribution is -2.57. The van der Waals surface area contributed by atoms with Crippen LogP contribution in [0.25, 0.3) is 0 Å². The number of rotatable bonds is 11. The van der Waals surface area contributed by atoms with E-state index in [1.54, 1.807) is 0 Å². The molecule has 0 aliphatic rings. The third-order valence-electron chi connectivity index (χ3n) is 3.77. The summed E-state index contributed by atoms with van der Waals surface area (Å²) in [7, 11) is 0. The van der Waals surface area contributed by atoms with Crippen LogP contribution in [0.5, 0.6) is 0 Å². The summed E-state index contributed by atoms with van der Waals surface area (Å²) in [6, 6.07) is -5.16. The second-order valence-corrected chi connectivity index (χ2v) is 6.07. The molecule has 1 N–H and O–H groups in total. The van der Waals surface area contributed by atoms with E-state index in [-0.39, 0.29) is 13.1 Å². The Bertz CT molecular complexity index is 345. The third kappa shape index (κ3) is 10.4. The van der Waals surface area contributed by atoms with Crippen LogP contribution in [0, 0.1) is 0 Å². The lowest BCUT2D eigenvalue weighted by molar-refractivity contribution is -0.255. The predicted molar refractivity (Wildman–Crippen MR) is 84.3 cm³/mol. The molecule has 0 radical (unpaired) electrons. The standard InChI is InChI=1S/C16H28F6N2O/c1-3-5-7-9-11-24(12-10-8-6-4-2)14(25)23-13(15(17,18)19)16(20,21)22/h13H,3-12H2,1-2H3,(H,23,25). The lowest BCUT2D eigenvalue weighted by atomic mass is 10.1. The molecule has 25 heavy (non-hydrogen) atoms. The Morgan fingerprint density at radius 2 is 1.20 bits per heavy atom. The third-order valence-corrected chi connectivity index (χ3v) is 3.77. The van der Waals surface area contributed by atoms with Crippen molar-refractivity contribution in [1.29, 1.82) is 0 Å². The van der Waals surface area contributed by atoms with E-state index in [1.165, 1.54) is 0 Å². The van der Waals surface area contributed by atoms with Crippen LogP contribution in [0.15, 0.2) is 0 Å². The molecule has 0 aromatic carbocycles. The largest absolute Gasteiger partial charge is 0.417 e. The van der Waals surface area contributed by atoms with E-state index in [2.05, 4.69) is 0 Å². The first-order chi connectivity index (χ1) is 11.5.